The minimum atomic E-state index is -0.197. The fourth-order valence-electron chi connectivity index (χ4n) is 1.94. The number of aromatic amines is 1. The quantitative estimate of drug-likeness (QED) is 0.829. The van der Waals surface area contributed by atoms with Crippen LogP contribution in [0.4, 0.5) is 4.39 Å². The molecule has 17 heavy (non-hydrogen) atoms. The normalized spacial score (nSPS) is 15.2. The van der Waals surface area contributed by atoms with Gasteiger partial charge in [0.05, 0.1) is 5.69 Å². The van der Waals surface area contributed by atoms with E-state index in [2.05, 4.69) is 10.2 Å². The minimum Gasteiger partial charge on any atom is -0.272 e. The van der Waals surface area contributed by atoms with Crippen LogP contribution in [0.1, 0.15) is 30.1 Å². The number of nitrogens with one attached hydrogen (secondary N) is 1. The number of nitrogens with zero attached hydrogens (tertiary/aromatic N) is 2. The zero-order valence-electron chi connectivity index (χ0n) is 9.40. The van der Waals surface area contributed by atoms with Gasteiger partial charge in [-0.3, -0.25) is 9.67 Å². The largest absolute Gasteiger partial charge is 0.272 e. The van der Waals surface area contributed by atoms with Crippen LogP contribution >= 0.6 is 12.2 Å². The summed E-state index contributed by atoms with van der Waals surface area (Å²) in [6.07, 6.45) is 2.31. The highest BCUT2D eigenvalue weighted by Crippen LogP contribution is 2.39. The molecule has 0 spiro atoms. The minimum absolute atomic E-state index is 0.197. The van der Waals surface area contributed by atoms with Crippen molar-refractivity contribution in [3.63, 3.8) is 0 Å². The average molecular weight is 249 g/mol. The van der Waals surface area contributed by atoms with Gasteiger partial charge in [-0.2, -0.15) is 5.10 Å². The van der Waals surface area contributed by atoms with Crippen LogP contribution in [0.5, 0.6) is 0 Å². The van der Waals surface area contributed by atoms with Gasteiger partial charge in [-0.05, 0) is 55.7 Å². The maximum atomic E-state index is 13.3. The zero-order chi connectivity index (χ0) is 12.0. The summed E-state index contributed by atoms with van der Waals surface area (Å²) in [6, 6.07) is 5.00. The maximum Gasteiger partial charge on any atom is 0.199 e. The van der Waals surface area contributed by atoms with E-state index in [0.29, 0.717) is 16.3 Å². The molecule has 1 fully saturated rings. The van der Waals surface area contributed by atoms with E-state index in [1.54, 1.807) is 19.1 Å². The molecular weight excluding hydrogens is 237 g/mol. The Balaban J connectivity index is 2.17. The number of hydrogen-bond acceptors (Lipinski definition) is 2. The molecule has 1 aliphatic carbocycles. The summed E-state index contributed by atoms with van der Waals surface area (Å²) in [5, 5.41) is 7.07. The van der Waals surface area contributed by atoms with E-state index in [1.165, 1.54) is 6.07 Å². The Morgan fingerprint density at radius 1 is 1.47 bits per heavy atom. The first-order valence-corrected chi connectivity index (χ1v) is 6.01. The Morgan fingerprint density at radius 2 is 2.24 bits per heavy atom. The third-order valence-corrected chi connectivity index (χ3v) is 3.31. The molecule has 3 nitrogen and oxygen atoms in total. The summed E-state index contributed by atoms with van der Waals surface area (Å²) in [7, 11) is 0. The molecule has 1 heterocycles. The predicted molar refractivity (Wildman–Crippen MR) is 65.4 cm³/mol. The Hall–Kier alpha value is -1.49. The Labute approximate surface area is 103 Å². The molecule has 1 aromatic carbocycles. The molecule has 1 aliphatic rings. The summed E-state index contributed by atoms with van der Waals surface area (Å²) in [6.45, 7) is 1.75. The van der Waals surface area contributed by atoms with Crippen molar-refractivity contribution >= 4 is 12.2 Å². The molecule has 0 amide bonds. The van der Waals surface area contributed by atoms with Gasteiger partial charge in [0.15, 0.2) is 4.77 Å². The highest BCUT2D eigenvalue weighted by atomic mass is 32.1. The molecule has 0 bridgehead atoms. The third-order valence-electron chi connectivity index (χ3n) is 3.04. The third kappa shape index (κ3) is 1.80. The van der Waals surface area contributed by atoms with E-state index in [0.717, 1.165) is 24.4 Å². The molecule has 3 rings (SSSR count). The molecule has 1 saturated carbocycles. The van der Waals surface area contributed by atoms with Gasteiger partial charge in [0, 0.05) is 5.92 Å². The van der Waals surface area contributed by atoms with Gasteiger partial charge in [0.25, 0.3) is 0 Å². The van der Waals surface area contributed by atoms with E-state index < -0.39 is 0 Å². The van der Waals surface area contributed by atoms with Crippen LogP contribution < -0.4 is 0 Å². The molecule has 0 aliphatic heterocycles. The van der Waals surface area contributed by atoms with Crippen molar-refractivity contribution in [3.05, 3.63) is 40.2 Å². The topological polar surface area (TPSA) is 33.6 Å². The van der Waals surface area contributed by atoms with Crippen LogP contribution in [0.3, 0.4) is 0 Å². The predicted octanol–water partition coefficient (Wildman–Crippen LogP) is 3.25. The number of rotatable bonds is 2. The highest BCUT2D eigenvalue weighted by Gasteiger charge is 2.29. The Kier molecular flexibility index (Phi) is 2.36. The van der Waals surface area contributed by atoms with Crippen molar-refractivity contribution in [1.29, 1.82) is 0 Å². The van der Waals surface area contributed by atoms with Gasteiger partial charge in [0.2, 0.25) is 0 Å². The lowest BCUT2D eigenvalue weighted by Gasteiger charge is -2.07. The number of hydrogen-bond donors (Lipinski definition) is 1. The molecular formula is C12H12FN3S. The summed E-state index contributed by atoms with van der Waals surface area (Å²) in [4.78, 5) is 0. The molecule has 0 saturated heterocycles. The molecule has 5 heteroatoms. The van der Waals surface area contributed by atoms with Crippen molar-refractivity contribution in [3.8, 4) is 5.69 Å². The first-order chi connectivity index (χ1) is 8.16. The lowest BCUT2D eigenvalue weighted by molar-refractivity contribution is 0.618. The standard InChI is InChI=1S/C12H12FN3S/c1-7-6-9(4-5-10(7)13)16-11(8-2-3-8)14-15-12(16)17/h4-6,8H,2-3H2,1H3,(H,15,17). The smallest absolute Gasteiger partial charge is 0.199 e. The molecule has 88 valence electrons. The molecule has 0 atom stereocenters. The van der Waals surface area contributed by atoms with Gasteiger partial charge in [0.1, 0.15) is 11.6 Å². The molecule has 1 N–H and O–H groups in total. The van der Waals surface area contributed by atoms with Crippen LogP contribution in [0.2, 0.25) is 0 Å². The zero-order valence-corrected chi connectivity index (χ0v) is 10.2. The lowest BCUT2D eigenvalue weighted by atomic mass is 10.2. The summed E-state index contributed by atoms with van der Waals surface area (Å²) in [5.74, 6) is 1.26. The number of aryl methyl sites for hydroxylation is 1. The van der Waals surface area contributed by atoms with Crippen LogP contribution in [0.15, 0.2) is 18.2 Å². The fraction of sp³-hybridized carbons (Fsp3) is 0.333. The molecule has 2 aromatic rings. The fourth-order valence-corrected chi connectivity index (χ4v) is 2.19. The van der Waals surface area contributed by atoms with E-state index in [-0.39, 0.29) is 5.82 Å². The first kappa shape index (κ1) is 10.7. The summed E-state index contributed by atoms with van der Waals surface area (Å²) >= 11 is 5.23. The Morgan fingerprint density at radius 3 is 2.88 bits per heavy atom. The van der Waals surface area contributed by atoms with Gasteiger partial charge in [-0.25, -0.2) is 4.39 Å². The van der Waals surface area contributed by atoms with Gasteiger partial charge < -0.3 is 0 Å². The Bertz CT molecular complexity index is 625. The summed E-state index contributed by atoms with van der Waals surface area (Å²) in [5.41, 5.74) is 1.50. The first-order valence-electron chi connectivity index (χ1n) is 5.60. The molecule has 1 aromatic heterocycles. The van der Waals surface area contributed by atoms with E-state index in [1.807, 2.05) is 4.57 Å². The average Bonchev–Trinajstić information content (AvgIpc) is 3.07. The number of halogens is 1. The molecule has 0 unspecified atom stereocenters. The monoisotopic (exact) mass is 249 g/mol. The molecule has 0 radical (unpaired) electrons. The van der Waals surface area contributed by atoms with E-state index in [9.17, 15) is 4.39 Å². The number of H-pyrrole nitrogens is 1. The summed E-state index contributed by atoms with van der Waals surface area (Å²) < 4.78 is 15.7. The van der Waals surface area contributed by atoms with Gasteiger partial charge in [-0.15, -0.1) is 0 Å². The van der Waals surface area contributed by atoms with E-state index >= 15 is 0 Å². The second-order valence-corrected chi connectivity index (χ2v) is 4.82. The van der Waals surface area contributed by atoms with Gasteiger partial charge in [-0.1, -0.05) is 0 Å². The van der Waals surface area contributed by atoms with Crippen LogP contribution in [-0.2, 0) is 0 Å². The van der Waals surface area contributed by atoms with Crippen LogP contribution in [-0.4, -0.2) is 14.8 Å². The van der Waals surface area contributed by atoms with Crippen LogP contribution in [0, 0.1) is 17.5 Å². The lowest BCUT2D eigenvalue weighted by Crippen LogP contribution is -2.01. The SMILES string of the molecule is Cc1cc(-n2c(C3CC3)n[nH]c2=S)ccc1F. The van der Waals surface area contributed by atoms with Crippen molar-refractivity contribution in [1.82, 2.24) is 14.8 Å². The van der Waals surface area contributed by atoms with Crippen molar-refractivity contribution < 1.29 is 4.39 Å². The second-order valence-electron chi connectivity index (χ2n) is 4.43. The van der Waals surface area contributed by atoms with Crippen LogP contribution in [0.25, 0.3) is 5.69 Å². The number of aromatic nitrogens is 3. The van der Waals surface area contributed by atoms with E-state index in [4.69, 9.17) is 12.2 Å². The highest BCUT2D eigenvalue weighted by molar-refractivity contribution is 7.71. The van der Waals surface area contributed by atoms with Crippen molar-refractivity contribution in [2.24, 2.45) is 0 Å². The maximum absolute atomic E-state index is 13.3. The second kappa shape index (κ2) is 3.77. The number of benzene rings is 1. The van der Waals surface area contributed by atoms with Gasteiger partial charge >= 0.3 is 0 Å². The van der Waals surface area contributed by atoms with Crippen molar-refractivity contribution in [2.45, 2.75) is 25.7 Å². The van der Waals surface area contributed by atoms with Crippen molar-refractivity contribution in [2.75, 3.05) is 0 Å².